The monoisotopic (exact) mass is 379 g/mol. The zero-order valence-corrected chi connectivity index (χ0v) is 15.2. The van der Waals surface area contributed by atoms with Gasteiger partial charge in [0.25, 0.3) is 0 Å². The third-order valence-corrected chi connectivity index (χ3v) is 5.04. The van der Waals surface area contributed by atoms with Gasteiger partial charge in [-0.15, -0.1) is 0 Å². The Hall–Kier alpha value is -3.14. The van der Waals surface area contributed by atoms with Crippen LogP contribution in [-0.2, 0) is 21.5 Å². The first-order valence-electron chi connectivity index (χ1n) is 8.23. The summed E-state index contributed by atoms with van der Waals surface area (Å²) in [7, 11) is -3.94. The maximum absolute atomic E-state index is 12.3. The minimum atomic E-state index is -3.94. The highest BCUT2D eigenvalue weighted by Gasteiger charge is 2.18. The topological polar surface area (TPSA) is 76.4 Å². The molecule has 0 aliphatic carbocycles. The molecule has 0 amide bonds. The van der Waals surface area contributed by atoms with Gasteiger partial charge in [0.05, 0.1) is 12.7 Å². The van der Waals surface area contributed by atoms with Crippen LogP contribution >= 0.6 is 0 Å². The number of benzene rings is 3. The molecule has 5 nitrogen and oxygen atoms in total. The molecule has 136 valence electrons. The van der Waals surface area contributed by atoms with E-state index in [0.29, 0.717) is 5.56 Å². The third kappa shape index (κ3) is 4.94. The van der Waals surface area contributed by atoms with Crippen LogP contribution in [0.25, 0.3) is 0 Å². The first kappa shape index (κ1) is 18.6. The summed E-state index contributed by atoms with van der Waals surface area (Å²) in [5, 5.41) is 9.42. The van der Waals surface area contributed by atoms with Gasteiger partial charge in [0, 0.05) is 0 Å². The second kappa shape index (κ2) is 8.49. The molecule has 0 saturated carbocycles. The smallest absolute Gasteiger partial charge is 0.339 e. The normalized spacial score (nSPS) is 12.1. The molecule has 3 aromatic rings. The lowest BCUT2D eigenvalue weighted by Gasteiger charge is -2.13. The first-order valence-corrected chi connectivity index (χ1v) is 9.64. The largest absolute Gasteiger partial charge is 0.379 e. The van der Waals surface area contributed by atoms with Crippen molar-refractivity contribution in [1.82, 2.24) is 0 Å². The van der Waals surface area contributed by atoms with E-state index < -0.39 is 16.2 Å². The predicted octanol–water partition coefficient (Wildman–Crippen LogP) is 4.24. The molecule has 0 radical (unpaired) electrons. The molecule has 0 heterocycles. The Balaban J connectivity index is 1.75. The Labute approximate surface area is 158 Å². The molecule has 0 bridgehead atoms. The van der Waals surface area contributed by atoms with Gasteiger partial charge >= 0.3 is 10.1 Å². The molecule has 6 heteroatoms. The summed E-state index contributed by atoms with van der Waals surface area (Å²) < 4.78 is 35.5. The quantitative estimate of drug-likeness (QED) is 0.574. The molecule has 0 N–H and O–H groups in total. The van der Waals surface area contributed by atoms with Crippen molar-refractivity contribution in [1.29, 1.82) is 5.26 Å². The SMILES string of the molecule is N#CC(OCc1ccccc1)c1cccc(OS(=O)(=O)c2ccccc2)c1. The molecule has 0 saturated heterocycles. The maximum Gasteiger partial charge on any atom is 0.339 e. The molecular formula is C21H17NO4S. The van der Waals surface area contributed by atoms with Gasteiger partial charge < -0.3 is 8.92 Å². The second-order valence-electron chi connectivity index (χ2n) is 5.73. The molecule has 27 heavy (non-hydrogen) atoms. The molecule has 0 aromatic heterocycles. The lowest BCUT2D eigenvalue weighted by molar-refractivity contribution is 0.0766. The van der Waals surface area contributed by atoms with Gasteiger partial charge in [-0.25, -0.2) is 0 Å². The second-order valence-corrected chi connectivity index (χ2v) is 7.28. The van der Waals surface area contributed by atoms with Gasteiger partial charge in [0.15, 0.2) is 6.10 Å². The van der Waals surface area contributed by atoms with Crippen molar-refractivity contribution in [2.75, 3.05) is 0 Å². The van der Waals surface area contributed by atoms with Crippen LogP contribution in [0.1, 0.15) is 17.2 Å². The molecular weight excluding hydrogens is 362 g/mol. The van der Waals surface area contributed by atoms with E-state index in [4.69, 9.17) is 8.92 Å². The molecule has 0 aliphatic rings. The minimum absolute atomic E-state index is 0.0626. The number of ether oxygens (including phenoxy) is 1. The van der Waals surface area contributed by atoms with Crippen molar-refractivity contribution in [2.45, 2.75) is 17.6 Å². The Bertz CT molecular complexity index is 1030. The maximum atomic E-state index is 12.3. The van der Waals surface area contributed by atoms with Crippen LogP contribution in [0, 0.1) is 11.3 Å². The summed E-state index contributed by atoms with van der Waals surface area (Å²) in [4.78, 5) is 0.0626. The molecule has 1 unspecified atom stereocenters. The van der Waals surface area contributed by atoms with Crippen LogP contribution in [0.4, 0.5) is 0 Å². The van der Waals surface area contributed by atoms with Crippen LogP contribution in [-0.4, -0.2) is 8.42 Å². The molecule has 1 atom stereocenters. The number of hydrogen-bond acceptors (Lipinski definition) is 5. The highest BCUT2D eigenvalue weighted by Crippen LogP contribution is 2.25. The third-order valence-electron chi connectivity index (χ3n) is 3.78. The predicted molar refractivity (Wildman–Crippen MR) is 100 cm³/mol. The van der Waals surface area contributed by atoms with Gasteiger partial charge in [-0.3, -0.25) is 0 Å². The summed E-state index contributed by atoms with van der Waals surface area (Å²) in [6, 6.07) is 25.8. The van der Waals surface area contributed by atoms with Crippen molar-refractivity contribution in [3.63, 3.8) is 0 Å². The minimum Gasteiger partial charge on any atom is -0.379 e. The number of nitriles is 1. The lowest BCUT2D eigenvalue weighted by atomic mass is 10.1. The summed E-state index contributed by atoms with van der Waals surface area (Å²) in [5.74, 6) is 0.125. The van der Waals surface area contributed by atoms with Crippen molar-refractivity contribution < 1.29 is 17.3 Å². The van der Waals surface area contributed by atoms with Gasteiger partial charge in [-0.05, 0) is 35.4 Å². The van der Waals surface area contributed by atoms with E-state index >= 15 is 0 Å². The first-order chi connectivity index (χ1) is 13.1. The fraction of sp³-hybridized carbons (Fsp3) is 0.0952. The molecule has 3 rings (SSSR count). The Morgan fingerprint density at radius 1 is 0.889 bits per heavy atom. The van der Waals surface area contributed by atoms with Gasteiger partial charge in [-0.2, -0.15) is 13.7 Å². The number of nitrogens with zero attached hydrogens (tertiary/aromatic N) is 1. The van der Waals surface area contributed by atoms with E-state index in [0.717, 1.165) is 5.56 Å². The number of rotatable bonds is 7. The summed E-state index contributed by atoms with van der Waals surface area (Å²) in [6.45, 7) is 0.270. The summed E-state index contributed by atoms with van der Waals surface area (Å²) >= 11 is 0. The van der Waals surface area contributed by atoms with Crippen molar-refractivity contribution >= 4 is 10.1 Å². The molecule has 3 aromatic carbocycles. The van der Waals surface area contributed by atoms with E-state index in [1.54, 1.807) is 30.3 Å². The fourth-order valence-electron chi connectivity index (χ4n) is 2.45. The lowest BCUT2D eigenvalue weighted by Crippen LogP contribution is -2.10. The fourth-order valence-corrected chi connectivity index (χ4v) is 3.40. The van der Waals surface area contributed by atoms with E-state index in [2.05, 4.69) is 6.07 Å². The van der Waals surface area contributed by atoms with Crippen LogP contribution in [0.3, 0.4) is 0 Å². The van der Waals surface area contributed by atoms with Gasteiger partial charge in [0.1, 0.15) is 10.6 Å². The zero-order valence-electron chi connectivity index (χ0n) is 14.4. The summed E-state index contributed by atoms with van der Waals surface area (Å²) in [5.41, 5.74) is 1.46. The highest BCUT2D eigenvalue weighted by molar-refractivity contribution is 7.87. The molecule has 0 fully saturated rings. The summed E-state index contributed by atoms with van der Waals surface area (Å²) in [6.07, 6.45) is -0.840. The van der Waals surface area contributed by atoms with Crippen molar-refractivity contribution in [2.24, 2.45) is 0 Å². The van der Waals surface area contributed by atoms with E-state index in [-0.39, 0.29) is 17.3 Å². The Kier molecular flexibility index (Phi) is 5.87. The Morgan fingerprint density at radius 2 is 1.56 bits per heavy atom. The van der Waals surface area contributed by atoms with Gasteiger partial charge in [-0.1, -0.05) is 60.7 Å². The van der Waals surface area contributed by atoms with Crippen molar-refractivity contribution in [3.8, 4) is 11.8 Å². The van der Waals surface area contributed by atoms with E-state index in [1.807, 2.05) is 30.3 Å². The highest BCUT2D eigenvalue weighted by atomic mass is 32.2. The average molecular weight is 379 g/mol. The van der Waals surface area contributed by atoms with E-state index in [1.165, 1.54) is 24.3 Å². The van der Waals surface area contributed by atoms with Crippen LogP contribution < -0.4 is 4.18 Å². The zero-order chi connectivity index (χ0) is 19.1. The number of hydrogen-bond donors (Lipinski definition) is 0. The molecule has 0 aliphatic heterocycles. The van der Waals surface area contributed by atoms with Crippen LogP contribution in [0.2, 0.25) is 0 Å². The standard InChI is InChI=1S/C21H17NO4S/c22-15-21(25-16-17-8-3-1-4-9-17)18-10-7-11-19(14-18)26-27(23,24)20-12-5-2-6-13-20/h1-14,21H,16H2. The van der Waals surface area contributed by atoms with Crippen molar-refractivity contribution in [3.05, 3.63) is 96.1 Å². The van der Waals surface area contributed by atoms with Crippen LogP contribution in [0.5, 0.6) is 5.75 Å². The van der Waals surface area contributed by atoms with Crippen LogP contribution in [0.15, 0.2) is 89.8 Å². The Morgan fingerprint density at radius 3 is 2.22 bits per heavy atom. The average Bonchev–Trinajstić information content (AvgIpc) is 2.70. The van der Waals surface area contributed by atoms with Gasteiger partial charge in [0.2, 0.25) is 0 Å². The molecule has 0 spiro atoms. The van der Waals surface area contributed by atoms with E-state index in [9.17, 15) is 13.7 Å².